The van der Waals surface area contributed by atoms with Gasteiger partial charge in [0.05, 0.1) is 16.6 Å². The number of pyridine rings is 1. The molecule has 4 N–H and O–H groups in total. The lowest BCUT2D eigenvalue weighted by Crippen LogP contribution is -2.15. The third-order valence-electron chi connectivity index (χ3n) is 3.41. The summed E-state index contributed by atoms with van der Waals surface area (Å²) in [5.41, 5.74) is 8.50. The van der Waals surface area contributed by atoms with E-state index in [1.54, 1.807) is 12.1 Å². The average molecular weight is 393 g/mol. The van der Waals surface area contributed by atoms with Gasteiger partial charge in [0.25, 0.3) is 5.91 Å². The minimum Gasteiger partial charge on any atom is -0.383 e. The van der Waals surface area contributed by atoms with Gasteiger partial charge in [0.1, 0.15) is 11.0 Å². The van der Waals surface area contributed by atoms with Gasteiger partial charge in [0.15, 0.2) is 0 Å². The standard InChI is InChI=1S/C17H17ClN6O.ClH/c1-9(2)21-15(19)10-5-6-12-13(8-10)23-17(22-12)24-16(25)11-4-3-7-20-14(11)18;/h3-9H,1-2H3,(H2,19,21)(H2,22,23,24,25);1H. The Hall–Kier alpha value is -2.64. The first-order valence-electron chi connectivity index (χ1n) is 7.69. The Morgan fingerprint density at radius 3 is 2.81 bits per heavy atom. The maximum absolute atomic E-state index is 12.3. The number of H-pyrrole nitrogens is 1. The Kier molecular flexibility index (Phi) is 6.18. The number of anilines is 1. The monoisotopic (exact) mass is 392 g/mol. The normalized spacial score (nSPS) is 11.5. The highest BCUT2D eigenvalue weighted by molar-refractivity contribution is 6.33. The summed E-state index contributed by atoms with van der Waals surface area (Å²) in [5.74, 6) is 0.383. The van der Waals surface area contributed by atoms with E-state index in [4.69, 9.17) is 17.3 Å². The topological polar surface area (TPSA) is 109 Å². The first kappa shape index (κ1) is 19.7. The summed E-state index contributed by atoms with van der Waals surface area (Å²) in [6, 6.07) is 8.84. The fourth-order valence-corrected chi connectivity index (χ4v) is 2.52. The van der Waals surface area contributed by atoms with Crippen LogP contribution in [0.3, 0.4) is 0 Å². The molecule has 0 bridgehead atoms. The van der Waals surface area contributed by atoms with Gasteiger partial charge >= 0.3 is 0 Å². The molecule has 2 aromatic heterocycles. The van der Waals surface area contributed by atoms with Crippen molar-refractivity contribution < 1.29 is 4.79 Å². The number of aromatic nitrogens is 3. The molecule has 0 spiro atoms. The Labute approximate surface area is 161 Å². The van der Waals surface area contributed by atoms with Gasteiger partial charge in [-0.25, -0.2) is 9.97 Å². The summed E-state index contributed by atoms with van der Waals surface area (Å²) >= 11 is 5.93. The molecule has 0 aliphatic carbocycles. The Balaban J connectivity index is 0.00000243. The van der Waals surface area contributed by atoms with Crippen molar-refractivity contribution in [1.29, 1.82) is 0 Å². The molecule has 2 heterocycles. The molecule has 1 amide bonds. The van der Waals surface area contributed by atoms with E-state index in [-0.39, 0.29) is 29.2 Å². The van der Waals surface area contributed by atoms with E-state index in [0.717, 1.165) is 11.1 Å². The molecule has 9 heteroatoms. The van der Waals surface area contributed by atoms with E-state index in [9.17, 15) is 4.79 Å². The van der Waals surface area contributed by atoms with Crippen molar-refractivity contribution in [1.82, 2.24) is 15.0 Å². The summed E-state index contributed by atoms with van der Waals surface area (Å²) < 4.78 is 0. The highest BCUT2D eigenvalue weighted by atomic mass is 35.5. The number of rotatable bonds is 4. The molecule has 3 aromatic rings. The van der Waals surface area contributed by atoms with E-state index >= 15 is 0 Å². The minimum absolute atomic E-state index is 0. The molecule has 0 aliphatic heterocycles. The zero-order valence-corrected chi connectivity index (χ0v) is 15.7. The SMILES string of the molecule is CC(C)N=C(N)c1ccc2nc(NC(=O)c3cccnc3Cl)[nH]c2c1.Cl. The number of imidazole rings is 1. The molecular weight excluding hydrogens is 375 g/mol. The summed E-state index contributed by atoms with van der Waals surface area (Å²) in [5, 5.41) is 2.81. The number of amidine groups is 1. The van der Waals surface area contributed by atoms with Gasteiger partial charge in [-0.05, 0) is 44.2 Å². The van der Waals surface area contributed by atoms with E-state index in [1.165, 1.54) is 6.20 Å². The lowest BCUT2D eigenvalue weighted by molar-refractivity contribution is 0.102. The van der Waals surface area contributed by atoms with Crippen LogP contribution in [0.5, 0.6) is 0 Å². The molecule has 0 saturated heterocycles. The van der Waals surface area contributed by atoms with Crippen molar-refractivity contribution in [2.24, 2.45) is 10.7 Å². The largest absolute Gasteiger partial charge is 0.383 e. The average Bonchev–Trinajstić information content (AvgIpc) is 2.95. The highest BCUT2D eigenvalue weighted by Gasteiger charge is 2.13. The molecule has 0 fully saturated rings. The maximum atomic E-state index is 12.3. The second-order valence-electron chi connectivity index (χ2n) is 5.72. The Bertz CT molecular complexity index is 967. The molecule has 0 saturated carbocycles. The molecule has 1 aromatic carbocycles. The molecule has 0 radical (unpaired) electrons. The van der Waals surface area contributed by atoms with Gasteiger partial charge in [0, 0.05) is 17.8 Å². The quantitative estimate of drug-likeness (QED) is 0.359. The zero-order chi connectivity index (χ0) is 18.0. The maximum Gasteiger partial charge on any atom is 0.261 e. The second kappa shape index (κ2) is 8.16. The zero-order valence-electron chi connectivity index (χ0n) is 14.2. The first-order valence-corrected chi connectivity index (χ1v) is 8.07. The van der Waals surface area contributed by atoms with Crippen LogP contribution in [0.15, 0.2) is 41.5 Å². The van der Waals surface area contributed by atoms with E-state index in [1.807, 2.05) is 32.0 Å². The van der Waals surface area contributed by atoms with E-state index < -0.39 is 5.91 Å². The number of hydrogen-bond acceptors (Lipinski definition) is 4. The van der Waals surface area contributed by atoms with Gasteiger partial charge in [-0.15, -0.1) is 12.4 Å². The number of nitrogens with two attached hydrogens (primary N) is 1. The van der Waals surface area contributed by atoms with Crippen molar-refractivity contribution in [3.8, 4) is 0 Å². The molecule has 0 atom stereocenters. The van der Waals surface area contributed by atoms with E-state index in [2.05, 4.69) is 25.3 Å². The second-order valence-corrected chi connectivity index (χ2v) is 6.08. The van der Waals surface area contributed by atoms with Crippen LogP contribution in [0.4, 0.5) is 5.95 Å². The van der Waals surface area contributed by atoms with Crippen molar-refractivity contribution in [3.63, 3.8) is 0 Å². The Morgan fingerprint density at radius 2 is 2.12 bits per heavy atom. The number of amides is 1. The minimum atomic E-state index is -0.390. The number of halogens is 2. The van der Waals surface area contributed by atoms with Crippen molar-refractivity contribution in [3.05, 3.63) is 52.8 Å². The fourth-order valence-electron chi connectivity index (χ4n) is 2.31. The van der Waals surface area contributed by atoms with E-state index in [0.29, 0.717) is 17.3 Å². The highest BCUT2D eigenvalue weighted by Crippen LogP contribution is 2.18. The van der Waals surface area contributed by atoms with Gasteiger partial charge in [-0.2, -0.15) is 0 Å². The molecule has 0 aliphatic rings. The molecule has 136 valence electrons. The number of hydrogen-bond donors (Lipinski definition) is 3. The van der Waals surface area contributed by atoms with Gasteiger partial charge in [-0.1, -0.05) is 11.6 Å². The van der Waals surface area contributed by atoms with Crippen molar-refractivity contribution in [2.75, 3.05) is 5.32 Å². The summed E-state index contributed by atoms with van der Waals surface area (Å²) in [7, 11) is 0. The van der Waals surface area contributed by atoms with Crippen LogP contribution < -0.4 is 11.1 Å². The number of nitrogens with one attached hydrogen (secondary N) is 2. The molecule has 3 rings (SSSR count). The number of fused-ring (bicyclic) bond motifs is 1. The number of aromatic amines is 1. The molecule has 0 unspecified atom stereocenters. The van der Waals surface area contributed by atoms with Crippen LogP contribution in [0, 0.1) is 0 Å². The van der Waals surface area contributed by atoms with Crippen LogP contribution in [-0.2, 0) is 0 Å². The predicted octanol–water partition coefficient (Wildman–Crippen LogP) is 3.40. The van der Waals surface area contributed by atoms with Crippen molar-refractivity contribution >= 4 is 52.7 Å². The first-order chi connectivity index (χ1) is 11.9. The number of nitrogens with zero attached hydrogens (tertiary/aromatic N) is 3. The predicted molar refractivity (Wildman–Crippen MR) is 106 cm³/mol. The number of carbonyl (C=O) groups excluding carboxylic acids is 1. The lowest BCUT2D eigenvalue weighted by Gasteiger charge is -2.03. The van der Waals surface area contributed by atoms with Crippen LogP contribution in [0.25, 0.3) is 11.0 Å². The van der Waals surface area contributed by atoms with Gasteiger partial charge in [0.2, 0.25) is 5.95 Å². The third-order valence-corrected chi connectivity index (χ3v) is 3.71. The summed E-state index contributed by atoms with van der Waals surface area (Å²) in [6.07, 6.45) is 1.52. The summed E-state index contributed by atoms with van der Waals surface area (Å²) in [6.45, 7) is 3.91. The number of benzene rings is 1. The molecule has 26 heavy (non-hydrogen) atoms. The van der Waals surface area contributed by atoms with Gasteiger partial charge in [-0.3, -0.25) is 15.1 Å². The smallest absolute Gasteiger partial charge is 0.261 e. The number of aliphatic imine (C=N–C) groups is 1. The summed E-state index contributed by atoms with van der Waals surface area (Å²) in [4.78, 5) is 27.9. The lowest BCUT2D eigenvalue weighted by atomic mass is 10.2. The third kappa shape index (κ3) is 4.30. The fraction of sp³-hybridized carbons (Fsp3) is 0.176. The number of carbonyl (C=O) groups is 1. The van der Waals surface area contributed by atoms with Crippen molar-refractivity contribution in [2.45, 2.75) is 19.9 Å². The van der Waals surface area contributed by atoms with Crippen LogP contribution >= 0.6 is 24.0 Å². The molecular formula is C17H18Cl2N6O. The van der Waals surface area contributed by atoms with Crippen LogP contribution in [-0.4, -0.2) is 32.7 Å². The van der Waals surface area contributed by atoms with Crippen LogP contribution in [0.2, 0.25) is 5.15 Å². The molecule has 7 nitrogen and oxygen atoms in total. The van der Waals surface area contributed by atoms with Gasteiger partial charge < -0.3 is 10.7 Å². The Morgan fingerprint density at radius 1 is 1.35 bits per heavy atom. The van der Waals surface area contributed by atoms with Crippen LogP contribution in [0.1, 0.15) is 29.8 Å².